The highest BCUT2D eigenvalue weighted by Crippen LogP contribution is 2.24. The minimum atomic E-state index is -1.65. The Morgan fingerprint density at radius 2 is 1.82 bits per heavy atom. The molecule has 1 aromatic rings. The van der Waals surface area contributed by atoms with Crippen LogP contribution < -0.4 is 0 Å². The van der Waals surface area contributed by atoms with Gasteiger partial charge in [-0.05, 0) is 31.2 Å². The first-order valence-corrected chi connectivity index (χ1v) is 6.17. The Balaban J connectivity index is 1.91. The van der Waals surface area contributed by atoms with E-state index in [1.165, 1.54) is 6.42 Å². The summed E-state index contributed by atoms with van der Waals surface area (Å²) in [7, 11) is 0. The first-order chi connectivity index (χ1) is 8.27. The predicted octanol–water partition coefficient (Wildman–Crippen LogP) is 3.57. The van der Waals surface area contributed by atoms with E-state index < -0.39 is 12.1 Å². The fourth-order valence-electron chi connectivity index (χ4n) is 2.17. The molecular formula is C14H17FO2. The van der Waals surface area contributed by atoms with Gasteiger partial charge in [-0.25, -0.2) is 9.18 Å². The van der Waals surface area contributed by atoms with Crippen LogP contribution in [0.25, 0.3) is 0 Å². The van der Waals surface area contributed by atoms with Crippen LogP contribution in [-0.4, -0.2) is 12.1 Å². The number of esters is 1. The van der Waals surface area contributed by atoms with Gasteiger partial charge in [0.25, 0.3) is 0 Å². The van der Waals surface area contributed by atoms with Crippen LogP contribution in [0, 0.1) is 0 Å². The number of hydrogen-bond donors (Lipinski definition) is 0. The number of hydrogen-bond acceptors (Lipinski definition) is 2. The second-order valence-electron chi connectivity index (χ2n) is 4.47. The van der Waals surface area contributed by atoms with Crippen molar-refractivity contribution in [3.05, 3.63) is 35.9 Å². The van der Waals surface area contributed by atoms with Gasteiger partial charge >= 0.3 is 5.97 Å². The number of alkyl halides is 1. The highest BCUT2D eigenvalue weighted by molar-refractivity contribution is 5.76. The van der Waals surface area contributed by atoms with Gasteiger partial charge in [0.2, 0.25) is 6.17 Å². The van der Waals surface area contributed by atoms with Gasteiger partial charge in [0.15, 0.2) is 0 Å². The molecule has 2 rings (SSSR count). The minimum Gasteiger partial charge on any atom is -0.460 e. The van der Waals surface area contributed by atoms with E-state index in [0.717, 1.165) is 25.7 Å². The van der Waals surface area contributed by atoms with Gasteiger partial charge in [0, 0.05) is 0 Å². The van der Waals surface area contributed by atoms with E-state index in [9.17, 15) is 9.18 Å². The van der Waals surface area contributed by atoms with Gasteiger partial charge < -0.3 is 4.74 Å². The van der Waals surface area contributed by atoms with Crippen LogP contribution in [0.3, 0.4) is 0 Å². The van der Waals surface area contributed by atoms with Gasteiger partial charge in [-0.15, -0.1) is 0 Å². The molecule has 1 aromatic carbocycles. The van der Waals surface area contributed by atoms with Gasteiger partial charge in [0.1, 0.15) is 6.10 Å². The van der Waals surface area contributed by atoms with Crippen LogP contribution in [-0.2, 0) is 9.53 Å². The van der Waals surface area contributed by atoms with Gasteiger partial charge in [-0.1, -0.05) is 36.8 Å². The summed E-state index contributed by atoms with van der Waals surface area (Å²) in [6, 6.07) is 8.44. The molecule has 0 radical (unpaired) electrons. The van der Waals surface area contributed by atoms with Crippen molar-refractivity contribution >= 4 is 5.97 Å². The molecular weight excluding hydrogens is 219 g/mol. The molecule has 0 amide bonds. The average molecular weight is 236 g/mol. The highest BCUT2D eigenvalue weighted by Gasteiger charge is 2.25. The normalized spacial score (nSPS) is 18.6. The van der Waals surface area contributed by atoms with Crippen molar-refractivity contribution in [2.24, 2.45) is 0 Å². The minimum absolute atomic E-state index is 0.0850. The van der Waals surface area contributed by atoms with Crippen molar-refractivity contribution in [3.8, 4) is 0 Å². The first kappa shape index (κ1) is 12.1. The second kappa shape index (κ2) is 5.80. The zero-order chi connectivity index (χ0) is 12.1. The van der Waals surface area contributed by atoms with Crippen LogP contribution in [0.5, 0.6) is 0 Å². The van der Waals surface area contributed by atoms with Crippen LogP contribution in [0.1, 0.15) is 43.8 Å². The molecule has 1 aliphatic rings. The third kappa shape index (κ3) is 3.29. The quantitative estimate of drug-likeness (QED) is 0.750. The Labute approximate surface area is 101 Å². The monoisotopic (exact) mass is 236 g/mol. The number of carbonyl (C=O) groups is 1. The summed E-state index contributed by atoms with van der Waals surface area (Å²) < 4.78 is 19.0. The topological polar surface area (TPSA) is 26.3 Å². The van der Waals surface area contributed by atoms with Gasteiger partial charge in [-0.2, -0.15) is 0 Å². The van der Waals surface area contributed by atoms with Crippen LogP contribution in [0.2, 0.25) is 0 Å². The molecule has 0 N–H and O–H groups in total. The summed E-state index contributed by atoms with van der Waals surface area (Å²) in [6.45, 7) is 0. The number of benzene rings is 1. The summed E-state index contributed by atoms with van der Waals surface area (Å²) in [5.74, 6) is -0.747. The molecule has 1 fully saturated rings. The lowest BCUT2D eigenvalue weighted by Gasteiger charge is -2.22. The van der Waals surface area contributed by atoms with Crippen molar-refractivity contribution in [3.63, 3.8) is 0 Å². The lowest BCUT2D eigenvalue weighted by molar-refractivity contribution is -0.156. The number of halogens is 1. The third-order valence-corrected chi connectivity index (χ3v) is 3.13. The van der Waals surface area contributed by atoms with E-state index in [1.807, 2.05) is 0 Å². The number of rotatable bonds is 3. The maximum absolute atomic E-state index is 13.8. The molecule has 1 aliphatic carbocycles. The molecule has 17 heavy (non-hydrogen) atoms. The molecule has 1 atom stereocenters. The molecule has 0 unspecified atom stereocenters. The molecule has 0 heterocycles. The largest absolute Gasteiger partial charge is 0.460 e. The molecule has 0 aliphatic heterocycles. The Morgan fingerprint density at radius 3 is 2.47 bits per heavy atom. The summed E-state index contributed by atoms with van der Waals surface area (Å²) in [5, 5.41) is 0. The van der Waals surface area contributed by atoms with Crippen molar-refractivity contribution in [2.45, 2.75) is 44.4 Å². The molecule has 1 saturated carbocycles. The smallest absolute Gasteiger partial charge is 0.345 e. The lowest BCUT2D eigenvalue weighted by atomic mass is 9.98. The standard InChI is InChI=1S/C14H17FO2/c15-13(11-7-3-1-4-8-11)14(16)17-12-9-5-2-6-10-12/h1,3-4,7-8,12-13H,2,5-6,9-10H2/t13-/m0/s1. The molecule has 0 bridgehead atoms. The molecule has 3 heteroatoms. The SMILES string of the molecule is O=C(OC1CCCCC1)[C@@H](F)c1ccccc1. The molecule has 0 spiro atoms. The zero-order valence-corrected chi connectivity index (χ0v) is 9.77. The maximum atomic E-state index is 13.8. The maximum Gasteiger partial charge on any atom is 0.345 e. The van der Waals surface area contributed by atoms with E-state index in [4.69, 9.17) is 4.74 Å². The molecule has 0 saturated heterocycles. The average Bonchev–Trinajstić information content (AvgIpc) is 2.40. The van der Waals surface area contributed by atoms with Gasteiger partial charge in [-0.3, -0.25) is 0 Å². The lowest BCUT2D eigenvalue weighted by Crippen LogP contribution is -2.23. The zero-order valence-electron chi connectivity index (χ0n) is 9.77. The van der Waals surface area contributed by atoms with Crippen LogP contribution >= 0.6 is 0 Å². The first-order valence-electron chi connectivity index (χ1n) is 6.17. The van der Waals surface area contributed by atoms with Crippen LogP contribution in [0.15, 0.2) is 30.3 Å². The third-order valence-electron chi connectivity index (χ3n) is 3.13. The van der Waals surface area contributed by atoms with Crippen molar-refractivity contribution in [1.82, 2.24) is 0 Å². The van der Waals surface area contributed by atoms with E-state index in [-0.39, 0.29) is 6.10 Å². The van der Waals surface area contributed by atoms with E-state index in [0.29, 0.717) is 5.56 Å². The summed E-state index contributed by atoms with van der Waals surface area (Å²) in [4.78, 5) is 11.6. The van der Waals surface area contributed by atoms with Gasteiger partial charge in [0.05, 0.1) is 0 Å². The number of ether oxygens (including phenoxy) is 1. The summed E-state index contributed by atoms with van der Waals surface area (Å²) >= 11 is 0. The van der Waals surface area contributed by atoms with E-state index in [2.05, 4.69) is 0 Å². The summed E-state index contributed by atoms with van der Waals surface area (Å²) in [6.07, 6.45) is 3.32. The summed E-state index contributed by atoms with van der Waals surface area (Å²) in [5.41, 5.74) is 0.369. The van der Waals surface area contributed by atoms with Crippen molar-refractivity contribution in [2.75, 3.05) is 0 Å². The van der Waals surface area contributed by atoms with Crippen molar-refractivity contribution < 1.29 is 13.9 Å². The fourth-order valence-corrected chi connectivity index (χ4v) is 2.17. The van der Waals surface area contributed by atoms with E-state index in [1.54, 1.807) is 30.3 Å². The Kier molecular flexibility index (Phi) is 4.13. The molecule has 92 valence electrons. The second-order valence-corrected chi connectivity index (χ2v) is 4.47. The molecule has 0 aromatic heterocycles. The Hall–Kier alpha value is -1.38. The highest BCUT2D eigenvalue weighted by atomic mass is 19.1. The predicted molar refractivity (Wildman–Crippen MR) is 63.3 cm³/mol. The Bertz CT molecular complexity index is 358. The van der Waals surface area contributed by atoms with Crippen LogP contribution in [0.4, 0.5) is 4.39 Å². The molecule has 2 nitrogen and oxygen atoms in total. The fraction of sp³-hybridized carbons (Fsp3) is 0.500. The Morgan fingerprint density at radius 1 is 1.18 bits per heavy atom. The van der Waals surface area contributed by atoms with E-state index >= 15 is 0 Å². The number of carbonyl (C=O) groups excluding carboxylic acids is 1. The van der Waals surface area contributed by atoms with Crippen molar-refractivity contribution in [1.29, 1.82) is 0 Å².